The van der Waals surface area contributed by atoms with Gasteiger partial charge in [-0.1, -0.05) is 0 Å². The quantitative estimate of drug-likeness (QED) is 0.712. The second-order valence-electron chi connectivity index (χ2n) is 8.13. The summed E-state index contributed by atoms with van der Waals surface area (Å²) in [5.41, 5.74) is 1.55. The maximum absolute atomic E-state index is 13.3. The molecule has 1 fully saturated rings. The van der Waals surface area contributed by atoms with Crippen LogP contribution in [0, 0.1) is 32.1 Å². The van der Waals surface area contributed by atoms with Crippen LogP contribution >= 0.6 is 0 Å². The van der Waals surface area contributed by atoms with Crippen LogP contribution in [-0.2, 0) is 6.18 Å². The van der Waals surface area contributed by atoms with E-state index in [0.717, 1.165) is 43.1 Å². The molecule has 1 saturated carbocycles. The van der Waals surface area contributed by atoms with Gasteiger partial charge >= 0.3 is 6.18 Å². The summed E-state index contributed by atoms with van der Waals surface area (Å²) < 4.78 is 39.9. The average molecular weight is 430 g/mol. The molecule has 0 radical (unpaired) electrons. The molecule has 0 bridgehead atoms. The lowest BCUT2D eigenvalue weighted by Crippen LogP contribution is -2.40. The highest BCUT2D eigenvalue weighted by atomic mass is 19.4. The molecular weight excluding hydrogens is 405 g/mol. The summed E-state index contributed by atoms with van der Waals surface area (Å²) in [6.07, 6.45) is -1.68. The third kappa shape index (κ3) is 5.54. The number of nitrogens with zero attached hydrogens (tertiary/aromatic N) is 2. The van der Waals surface area contributed by atoms with E-state index in [1.165, 1.54) is 6.92 Å². The number of benzene rings is 1. The van der Waals surface area contributed by atoms with Crippen molar-refractivity contribution < 1.29 is 18.0 Å². The standard InChI is InChI=1S/C23H25F3N4O/c1-13-8-19(11-21(20(13)12-27)23(24,25)26)29-17-4-6-18(7-5-17)30-22(31)16-9-14(2)28-15(3)10-16/h8-11,17-18,29H,4-7H2,1-3H3,(H,30,31). The van der Waals surface area contributed by atoms with E-state index >= 15 is 0 Å². The Bertz CT molecular complexity index is 998. The molecule has 0 unspecified atom stereocenters. The number of carbonyl (C=O) groups excluding carboxylic acids is 1. The molecule has 1 amide bonds. The van der Waals surface area contributed by atoms with Gasteiger partial charge in [-0.3, -0.25) is 9.78 Å². The molecule has 1 aromatic carbocycles. The summed E-state index contributed by atoms with van der Waals surface area (Å²) in [4.78, 5) is 16.8. The van der Waals surface area contributed by atoms with E-state index in [1.807, 2.05) is 13.8 Å². The van der Waals surface area contributed by atoms with Crippen LogP contribution in [0.3, 0.4) is 0 Å². The van der Waals surface area contributed by atoms with Crippen molar-refractivity contribution in [2.75, 3.05) is 5.32 Å². The number of rotatable bonds is 4. The van der Waals surface area contributed by atoms with Crippen molar-refractivity contribution in [3.8, 4) is 6.07 Å². The van der Waals surface area contributed by atoms with Crippen molar-refractivity contribution in [2.45, 2.75) is 64.7 Å². The Kier molecular flexibility index (Phi) is 6.54. The van der Waals surface area contributed by atoms with Crippen molar-refractivity contribution in [2.24, 2.45) is 0 Å². The van der Waals surface area contributed by atoms with Crippen LogP contribution in [0.2, 0.25) is 0 Å². The van der Waals surface area contributed by atoms with Crippen molar-refractivity contribution in [1.82, 2.24) is 10.3 Å². The zero-order chi connectivity index (χ0) is 22.8. The maximum atomic E-state index is 13.3. The van der Waals surface area contributed by atoms with E-state index in [4.69, 9.17) is 5.26 Å². The number of nitrogens with one attached hydrogen (secondary N) is 2. The second-order valence-corrected chi connectivity index (χ2v) is 8.13. The van der Waals surface area contributed by atoms with Gasteiger partial charge in [0.25, 0.3) is 5.91 Å². The molecule has 0 aliphatic heterocycles. The largest absolute Gasteiger partial charge is 0.417 e. The van der Waals surface area contributed by atoms with Gasteiger partial charge in [-0.25, -0.2) is 0 Å². The zero-order valence-corrected chi connectivity index (χ0v) is 17.7. The third-order valence-corrected chi connectivity index (χ3v) is 5.53. The molecule has 0 atom stereocenters. The molecule has 164 valence electrons. The molecule has 2 N–H and O–H groups in total. The number of anilines is 1. The van der Waals surface area contributed by atoms with Gasteiger partial charge in [-0.05, 0) is 76.3 Å². The molecule has 0 saturated heterocycles. The summed E-state index contributed by atoms with van der Waals surface area (Å²) in [5, 5.41) is 15.3. The van der Waals surface area contributed by atoms with Crippen LogP contribution in [0.4, 0.5) is 18.9 Å². The predicted molar refractivity (Wildman–Crippen MR) is 112 cm³/mol. The zero-order valence-electron chi connectivity index (χ0n) is 17.7. The molecule has 1 aliphatic rings. The molecule has 1 heterocycles. The Labute approximate surface area is 179 Å². The predicted octanol–water partition coefficient (Wildman–Crippen LogP) is 5.05. The van der Waals surface area contributed by atoms with Gasteiger partial charge in [-0.2, -0.15) is 18.4 Å². The summed E-state index contributed by atoms with van der Waals surface area (Å²) in [6, 6.07) is 7.77. The van der Waals surface area contributed by atoms with E-state index in [0.29, 0.717) is 16.8 Å². The lowest BCUT2D eigenvalue weighted by molar-refractivity contribution is -0.137. The first-order chi connectivity index (χ1) is 14.6. The minimum atomic E-state index is -4.58. The van der Waals surface area contributed by atoms with Gasteiger partial charge in [0.1, 0.15) is 6.07 Å². The Balaban J connectivity index is 1.61. The number of alkyl halides is 3. The first-order valence-corrected chi connectivity index (χ1v) is 10.2. The number of hydrogen-bond donors (Lipinski definition) is 2. The number of amides is 1. The topological polar surface area (TPSA) is 77.8 Å². The molecule has 1 aromatic heterocycles. The Hall–Kier alpha value is -3.08. The highest BCUT2D eigenvalue weighted by molar-refractivity contribution is 5.94. The van der Waals surface area contributed by atoms with Crippen molar-refractivity contribution in [3.05, 3.63) is 57.9 Å². The third-order valence-electron chi connectivity index (χ3n) is 5.53. The fourth-order valence-electron chi connectivity index (χ4n) is 4.09. The van der Waals surface area contributed by atoms with Gasteiger partial charge in [0.2, 0.25) is 0 Å². The van der Waals surface area contributed by atoms with Gasteiger partial charge in [-0.15, -0.1) is 0 Å². The number of halogens is 3. The van der Waals surface area contributed by atoms with Gasteiger partial charge in [0, 0.05) is 34.7 Å². The minimum absolute atomic E-state index is 0.00647. The lowest BCUT2D eigenvalue weighted by atomic mass is 9.90. The van der Waals surface area contributed by atoms with Gasteiger partial charge in [0.15, 0.2) is 0 Å². The summed E-state index contributed by atoms with van der Waals surface area (Å²) in [5.74, 6) is -0.137. The average Bonchev–Trinajstić information content (AvgIpc) is 2.67. The normalized spacial score (nSPS) is 18.9. The molecule has 0 spiro atoms. The highest BCUT2D eigenvalue weighted by Gasteiger charge is 2.35. The first-order valence-electron chi connectivity index (χ1n) is 10.2. The van der Waals surface area contributed by atoms with E-state index in [1.54, 1.807) is 24.3 Å². The molecule has 1 aliphatic carbocycles. The number of carbonyl (C=O) groups is 1. The fraction of sp³-hybridized carbons (Fsp3) is 0.435. The molecule has 31 heavy (non-hydrogen) atoms. The van der Waals surface area contributed by atoms with E-state index in [-0.39, 0.29) is 23.6 Å². The van der Waals surface area contributed by atoms with Crippen LogP contribution < -0.4 is 10.6 Å². The number of aryl methyl sites for hydroxylation is 3. The maximum Gasteiger partial charge on any atom is 0.417 e. The molecule has 8 heteroatoms. The van der Waals surface area contributed by atoms with Gasteiger partial charge in [0.05, 0.1) is 11.1 Å². The number of aromatic nitrogens is 1. The summed E-state index contributed by atoms with van der Waals surface area (Å²) in [6.45, 7) is 5.19. The van der Waals surface area contributed by atoms with Crippen molar-refractivity contribution >= 4 is 11.6 Å². The van der Waals surface area contributed by atoms with Crippen LogP contribution in [0.5, 0.6) is 0 Å². The Morgan fingerprint density at radius 2 is 1.61 bits per heavy atom. The van der Waals surface area contributed by atoms with Gasteiger partial charge < -0.3 is 10.6 Å². The van der Waals surface area contributed by atoms with Crippen molar-refractivity contribution in [3.63, 3.8) is 0 Å². The molecule has 2 aromatic rings. The monoisotopic (exact) mass is 430 g/mol. The van der Waals surface area contributed by atoms with Crippen LogP contribution in [-0.4, -0.2) is 23.0 Å². The number of hydrogen-bond acceptors (Lipinski definition) is 4. The molecule has 3 rings (SSSR count). The van der Waals surface area contributed by atoms with Crippen molar-refractivity contribution in [1.29, 1.82) is 5.26 Å². The lowest BCUT2D eigenvalue weighted by Gasteiger charge is -2.30. The fourth-order valence-corrected chi connectivity index (χ4v) is 4.09. The smallest absolute Gasteiger partial charge is 0.382 e. The first kappa shape index (κ1) is 22.6. The highest BCUT2D eigenvalue weighted by Crippen LogP contribution is 2.36. The van der Waals surface area contributed by atoms with E-state index in [9.17, 15) is 18.0 Å². The van der Waals surface area contributed by atoms with E-state index < -0.39 is 11.7 Å². The number of pyridine rings is 1. The Morgan fingerprint density at radius 3 is 2.16 bits per heavy atom. The van der Waals surface area contributed by atoms with Crippen LogP contribution in [0.1, 0.15) is 64.1 Å². The summed E-state index contributed by atoms with van der Waals surface area (Å²) >= 11 is 0. The van der Waals surface area contributed by atoms with Crippen LogP contribution in [0.15, 0.2) is 24.3 Å². The van der Waals surface area contributed by atoms with E-state index in [2.05, 4.69) is 15.6 Å². The molecular formula is C23H25F3N4O. The molecule has 5 nitrogen and oxygen atoms in total. The minimum Gasteiger partial charge on any atom is -0.382 e. The van der Waals surface area contributed by atoms with Crippen LogP contribution in [0.25, 0.3) is 0 Å². The number of nitriles is 1. The summed E-state index contributed by atoms with van der Waals surface area (Å²) in [7, 11) is 0. The SMILES string of the molecule is Cc1cc(C(=O)NC2CCC(Nc3cc(C)c(C#N)c(C(F)(F)F)c3)CC2)cc(C)n1. The Morgan fingerprint density at radius 1 is 1.03 bits per heavy atom. The second kappa shape index (κ2) is 8.96.